The average molecular weight is 272 g/mol. The van der Waals surface area contributed by atoms with Crippen molar-refractivity contribution in [3.05, 3.63) is 29.8 Å². The predicted octanol–water partition coefficient (Wildman–Crippen LogP) is 2.85. The Morgan fingerprint density at radius 2 is 2.30 bits per heavy atom. The lowest BCUT2D eigenvalue weighted by atomic mass is 9.90. The Bertz CT molecular complexity index is 527. The molecule has 1 amide bonds. The lowest BCUT2D eigenvalue weighted by Crippen LogP contribution is -2.20. The molecule has 1 aromatic rings. The van der Waals surface area contributed by atoms with Crippen LogP contribution in [0.3, 0.4) is 0 Å². The minimum atomic E-state index is -0.191. The van der Waals surface area contributed by atoms with E-state index in [1.54, 1.807) is 25.3 Å². The molecule has 2 aliphatic carbocycles. The van der Waals surface area contributed by atoms with Crippen LogP contribution >= 0.6 is 0 Å². The molecule has 106 valence electrons. The highest BCUT2D eigenvalue weighted by Crippen LogP contribution is 2.47. The van der Waals surface area contributed by atoms with Gasteiger partial charge in [-0.3, -0.25) is 4.79 Å². The normalized spacial score (nSPS) is 27.9. The number of carbonyl (C=O) groups excluding carboxylic acids is 1. The van der Waals surface area contributed by atoms with Gasteiger partial charge in [0.25, 0.3) is 5.91 Å². The fourth-order valence-electron chi connectivity index (χ4n) is 3.50. The summed E-state index contributed by atoms with van der Waals surface area (Å²) in [4.78, 5) is 12.0. The number of carbonyl (C=O) groups is 1. The Balaban J connectivity index is 1.56. The van der Waals surface area contributed by atoms with E-state index in [0.717, 1.165) is 11.8 Å². The van der Waals surface area contributed by atoms with Crippen molar-refractivity contribution in [3.8, 4) is 5.75 Å². The second kappa shape index (κ2) is 5.65. The molecule has 0 aromatic heterocycles. The first-order chi connectivity index (χ1) is 9.76. The molecule has 1 aromatic carbocycles. The highest BCUT2D eigenvalue weighted by Gasteiger charge is 2.38. The quantitative estimate of drug-likeness (QED) is 0.677. The molecule has 0 aliphatic heterocycles. The number of hydrogen-bond donors (Lipinski definition) is 1. The summed E-state index contributed by atoms with van der Waals surface area (Å²) in [6, 6.07) is 7.08. The Morgan fingerprint density at radius 3 is 3.00 bits per heavy atom. The number of hydrazone groups is 1. The van der Waals surface area contributed by atoms with E-state index in [4.69, 9.17) is 4.74 Å². The molecular weight excluding hydrogens is 252 g/mol. The topological polar surface area (TPSA) is 50.7 Å². The maximum absolute atomic E-state index is 12.0. The molecule has 0 spiro atoms. The van der Waals surface area contributed by atoms with Crippen LogP contribution in [-0.4, -0.2) is 19.2 Å². The zero-order chi connectivity index (χ0) is 13.9. The lowest BCUT2D eigenvalue weighted by Gasteiger charge is -2.16. The van der Waals surface area contributed by atoms with Gasteiger partial charge in [0.2, 0.25) is 0 Å². The summed E-state index contributed by atoms with van der Waals surface area (Å²) in [5.41, 5.74) is 3.18. The van der Waals surface area contributed by atoms with E-state index in [9.17, 15) is 4.79 Å². The summed E-state index contributed by atoms with van der Waals surface area (Å²) in [7, 11) is 1.59. The maximum Gasteiger partial charge on any atom is 0.271 e. The second-order valence-electron chi connectivity index (χ2n) is 5.79. The van der Waals surface area contributed by atoms with E-state index in [1.807, 2.05) is 12.3 Å². The van der Waals surface area contributed by atoms with Crippen molar-refractivity contribution in [1.82, 2.24) is 5.43 Å². The van der Waals surface area contributed by atoms with Crippen LogP contribution in [-0.2, 0) is 0 Å². The fraction of sp³-hybridized carbons (Fsp3) is 0.500. The summed E-state index contributed by atoms with van der Waals surface area (Å²) in [6.07, 6.45) is 7.22. The van der Waals surface area contributed by atoms with Crippen LogP contribution in [0.25, 0.3) is 0 Å². The molecule has 4 nitrogen and oxygen atoms in total. The Morgan fingerprint density at radius 1 is 1.40 bits per heavy atom. The van der Waals surface area contributed by atoms with Crippen LogP contribution in [0.4, 0.5) is 0 Å². The minimum absolute atomic E-state index is 0.191. The maximum atomic E-state index is 12.0. The molecule has 2 aliphatic rings. The Labute approximate surface area is 119 Å². The van der Waals surface area contributed by atoms with Crippen molar-refractivity contribution in [2.24, 2.45) is 22.9 Å². The smallest absolute Gasteiger partial charge is 0.271 e. The molecule has 3 rings (SSSR count). The molecule has 3 atom stereocenters. The van der Waals surface area contributed by atoms with E-state index in [0.29, 0.717) is 17.2 Å². The first kappa shape index (κ1) is 13.2. The average Bonchev–Trinajstić information content (AvgIpc) is 3.10. The van der Waals surface area contributed by atoms with E-state index >= 15 is 0 Å². The fourth-order valence-corrected chi connectivity index (χ4v) is 3.50. The van der Waals surface area contributed by atoms with Crippen LogP contribution in [0, 0.1) is 17.8 Å². The monoisotopic (exact) mass is 272 g/mol. The molecule has 0 heterocycles. The van der Waals surface area contributed by atoms with E-state index in [1.165, 1.54) is 25.7 Å². The van der Waals surface area contributed by atoms with Crippen LogP contribution in [0.15, 0.2) is 29.4 Å². The van der Waals surface area contributed by atoms with Gasteiger partial charge in [-0.2, -0.15) is 5.10 Å². The Hall–Kier alpha value is -1.84. The van der Waals surface area contributed by atoms with Crippen molar-refractivity contribution in [1.29, 1.82) is 0 Å². The number of rotatable bonds is 4. The van der Waals surface area contributed by atoms with Crippen LogP contribution in [0.5, 0.6) is 5.75 Å². The van der Waals surface area contributed by atoms with Crippen LogP contribution in [0.1, 0.15) is 36.0 Å². The van der Waals surface area contributed by atoms with E-state index in [2.05, 4.69) is 10.5 Å². The molecule has 20 heavy (non-hydrogen) atoms. The van der Waals surface area contributed by atoms with Gasteiger partial charge in [0, 0.05) is 11.8 Å². The molecule has 2 bridgehead atoms. The number of benzene rings is 1. The van der Waals surface area contributed by atoms with Crippen molar-refractivity contribution in [2.75, 3.05) is 7.11 Å². The van der Waals surface area contributed by atoms with E-state index in [-0.39, 0.29) is 5.91 Å². The third-order valence-electron chi connectivity index (χ3n) is 4.56. The van der Waals surface area contributed by atoms with Gasteiger partial charge in [0.1, 0.15) is 5.75 Å². The van der Waals surface area contributed by atoms with Gasteiger partial charge in [0.05, 0.1) is 7.11 Å². The molecule has 1 N–H and O–H groups in total. The summed E-state index contributed by atoms with van der Waals surface area (Å²) in [5, 5.41) is 4.14. The highest BCUT2D eigenvalue weighted by molar-refractivity contribution is 5.94. The molecule has 2 saturated carbocycles. The molecule has 2 fully saturated rings. The third-order valence-corrected chi connectivity index (χ3v) is 4.56. The first-order valence-corrected chi connectivity index (χ1v) is 7.24. The van der Waals surface area contributed by atoms with Gasteiger partial charge in [-0.05, 0) is 55.2 Å². The lowest BCUT2D eigenvalue weighted by molar-refractivity contribution is 0.0954. The summed E-state index contributed by atoms with van der Waals surface area (Å²) in [5.74, 6) is 2.72. The van der Waals surface area contributed by atoms with Crippen molar-refractivity contribution in [2.45, 2.75) is 25.7 Å². The van der Waals surface area contributed by atoms with E-state index < -0.39 is 0 Å². The summed E-state index contributed by atoms with van der Waals surface area (Å²) >= 11 is 0. The van der Waals surface area contributed by atoms with Crippen LogP contribution < -0.4 is 10.2 Å². The van der Waals surface area contributed by atoms with Gasteiger partial charge in [-0.15, -0.1) is 0 Å². The summed E-state index contributed by atoms with van der Waals surface area (Å²) < 4.78 is 5.11. The molecule has 3 unspecified atom stereocenters. The number of amides is 1. The second-order valence-corrected chi connectivity index (χ2v) is 5.79. The molecule has 0 saturated heterocycles. The number of nitrogens with one attached hydrogen (secondary N) is 1. The van der Waals surface area contributed by atoms with Gasteiger partial charge >= 0.3 is 0 Å². The molecule has 4 heteroatoms. The zero-order valence-electron chi connectivity index (χ0n) is 11.7. The van der Waals surface area contributed by atoms with Gasteiger partial charge in [0.15, 0.2) is 0 Å². The SMILES string of the molecule is COc1cccc(C(=O)NN=CC2CC3CCC2C3)c1. The van der Waals surface area contributed by atoms with Crippen molar-refractivity contribution < 1.29 is 9.53 Å². The highest BCUT2D eigenvalue weighted by atomic mass is 16.5. The Kier molecular flexibility index (Phi) is 3.72. The number of methoxy groups -OCH3 is 1. The molecule has 0 radical (unpaired) electrons. The van der Waals surface area contributed by atoms with Crippen molar-refractivity contribution >= 4 is 12.1 Å². The van der Waals surface area contributed by atoms with Gasteiger partial charge in [-0.1, -0.05) is 12.5 Å². The third kappa shape index (κ3) is 2.69. The van der Waals surface area contributed by atoms with Crippen molar-refractivity contribution in [3.63, 3.8) is 0 Å². The van der Waals surface area contributed by atoms with Crippen LogP contribution in [0.2, 0.25) is 0 Å². The zero-order valence-corrected chi connectivity index (χ0v) is 11.7. The van der Waals surface area contributed by atoms with Gasteiger partial charge in [-0.25, -0.2) is 5.43 Å². The number of hydrogen-bond acceptors (Lipinski definition) is 3. The summed E-state index contributed by atoms with van der Waals surface area (Å²) in [6.45, 7) is 0. The standard InChI is InChI=1S/C16H20N2O2/c1-20-15-4-2-3-13(9-15)16(19)18-17-10-14-8-11-5-6-12(14)7-11/h2-4,9-12,14H,5-8H2,1H3,(H,18,19). The number of nitrogens with zero attached hydrogens (tertiary/aromatic N) is 1. The number of ether oxygens (including phenoxy) is 1. The first-order valence-electron chi connectivity index (χ1n) is 7.24. The number of fused-ring (bicyclic) bond motifs is 2. The largest absolute Gasteiger partial charge is 0.497 e. The van der Waals surface area contributed by atoms with Gasteiger partial charge < -0.3 is 4.74 Å². The predicted molar refractivity (Wildman–Crippen MR) is 77.9 cm³/mol. The minimum Gasteiger partial charge on any atom is -0.497 e. The molecular formula is C16H20N2O2.